The number of carbonyl (C=O) groups excluding carboxylic acids is 1. The highest BCUT2D eigenvalue weighted by Gasteiger charge is 2.40. The average Bonchev–Trinajstić information content (AvgIpc) is 2.63. The highest BCUT2D eigenvalue weighted by Crippen LogP contribution is 2.39. The molecule has 2 aromatic carbocycles. The van der Waals surface area contributed by atoms with Gasteiger partial charge in [0.1, 0.15) is 5.82 Å². The average molecular weight is 404 g/mol. The van der Waals surface area contributed by atoms with Crippen molar-refractivity contribution in [3.05, 3.63) is 70.5 Å². The standard InChI is InChI=1S/C23H27ClFNO2/c1-15(2)20-13-23(3,14-21(28-20)17-6-8-18(24)9-7-17)26-22(27)12-16-4-10-19(25)11-5-16/h4-11,15,20-21H,12-14H2,1-3H3,(H,26,27)/t20-,21+,23-/m1/s1. The zero-order valence-electron chi connectivity index (χ0n) is 16.5. The van der Waals surface area contributed by atoms with Gasteiger partial charge in [-0.15, -0.1) is 0 Å². The number of hydrogen-bond acceptors (Lipinski definition) is 2. The molecule has 0 bridgehead atoms. The van der Waals surface area contributed by atoms with E-state index in [1.807, 2.05) is 24.3 Å². The second kappa shape index (κ2) is 8.62. The number of amides is 1. The Labute approximate surface area is 171 Å². The zero-order chi connectivity index (χ0) is 20.3. The number of hydrogen-bond donors (Lipinski definition) is 1. The smallest absolute Gasteiger partial charge is 0.224 e. The first-order chi connectivity index (χ1) is 13.2. The third kappa shape index (κ3) is 5.33. The highest BCUT2D eigenvalue weighted by atomic mass is 35.5. The molecule has 0 aromatic heterocycles. The molecule has 1 N–H and O–H groups in total. The van der Waals surface area contributed by atoms with Crippen LogP contribution >= 0.6 is 11.6 Å². The van der Waals surface area contributed by atoms with E-state index in [0.29, 0.717) is 17.4 Å². The molecule has 3 nitrogen and oxygen atoms in total. The first kappa shape index (κ1) is 20.8. The number of halogens is 2. The van der Waals surface area contributed by atoms with E-state index in [-0.39, 0.29) is 35.9 Å². The maximum atomic E-state index is 13.1. The van der Waals surface area contributed by atoms with Crippen LogP contribution in [0.1, 0.15) is 50.8 Å². The van der Waals surface area contributed by atoms with Crippen molar-refractivity contribution in [3.63, 3.8) is 0 Å². The summed E-state index contributed by atoms with van der Waals surface area (Å²) in [5, 5.41) is 3.91. The van der Waals surface area contributed by atoms with Crippen LogP contribution in [0.15, 0.2) is 48.5 Å². The van der Waals surface area contributed by atoms with Gasteiger partial charge in [0.05, 0.1) is 18.6 Å². The van der Waals surface area contributed by atoms with Gasteiger partial charge in [-0.2, -0.15) is 0 Å². The number of benzene rings is 2. The maximum Gasteiger partial charge on any atom is 0.224 e. The molecule has 1 heterocycles. The summed E-state index contributed by atoms with van der Waals surface area (Å²) in [6.45, 7) is 6.35. The van der Waals surface area contributed by atoms with Crippen molar-refractivity contribution >= 4 is 17.5 Å². The summed E-state index contributed by atoms with van der Waals surface area (Å²) in [5.74, 6) is -0.0251. The van der Waals surface area contributed by atoms with Crippen LogP contribution in [0.3, 0.4) is 0 Å². The van der Waals surface area contributed by atoms with Crippen molar-refractivity contribution in [2.75, 3.05) is 0 Å². The summed E-state index contributed by atoms with van der Waals surface area (Å²) < 4.78 is 19.4. The highest BCUT2D eigenvalue weighted by molar-refractivity contribution is 6.30. The number of carbonyl (C=O) groups is 1. The fourth-order valence-electron chi connectivity index (χ4n) is 3.78. The quantitative estimate of drug-likeness (QED) is 0.718. The molecular formula is C23H27ClFNO2. The van der Waals surface area contributed by atoms with Crippen molar-refractivity contribution in [3.8, 4) is 0 Å². The molecule has 3 atom stereocenters. The molecule has 0 spiro atoms. The van der Waals surface area contributed by atoms with Gasteiger partial charge in [-0.3, -0.25) is 4.79 Å². The van der Waals surface area contributed by atoms with Crippen LogP contribution in [-0.4, -0.2) is 17.6 Å². The van der Waals surface area contributed by atoms with E-state index in [0.717, 1.165) is 17.5 Å². The second-order valence-corrected chi connectivity index (χ2v) is 8.72. The van der Waals surface area contributed by atoms with Crippen LogP contribution in [-0.2, 0) is 16.0 Å². The van der Waals surface area contributed by atoms with Crippen LogP contribution in [0.4, 0.5) is 4.39 Å². The summed E-state index contributed by atoms with van der Waals surface area (Å²) in [7, 11) is 0. The minimum Gasteiger partial charge on any atom is -0.370 e. The molecule has 2 aromatic rings. The largest absolute Gasteiger partial charge is 0.370 e. The summed E-state index contributed by atoms with van der Waals surface area (Å²) in [4.78, 5) is 12.7. The lowest BCUT2D eigenvalue weighted by atomic mass is 9.80. The fourth-order valence-corrected chi connectivity index (χ4v) is 3.91. The molecule has 0 radical (unpaired) electrons. The number of nitrogens with one attached hydrogen (secondary N) is 1. The van der Waals surface area contributed by atoms with Gasteiger partial charge in [0.2, 0.25) is 5.91 Å². The molecule has 1 amide bonds. The van der Waals surface area contributed by atoms with Gasteiger partial charge >= 0.3 is 0 Å². The lowest BCUT2D eigenvalue weighted by Crippen LogP contribution is -2.53. The van der Waals surface area contributed by atoms with Crippen LogP contribution in [0.5, 0.6) is 0 Å². The van der Waals surface area contributed by atoms with Crippen molar-refractivity contribution in [1.82, 2.24) is 5.32 Å². The van der Waals surface area contributed by atoms with Gasteiger partial charge in [-0.1, -0.05) is 49.7 Å². The molecule has 150 valence electrons. The number of rotatable bonds is 5. The Morgan fingerprint density at radius 1 is 1.18 bits per heavy atom. The summed E-state index contributed by atoms with van der Waals surface area (Å²) >= 11 is 6.02. The SMILES string of the molecule is CC(C)[C@H]1C[C@@](C)(NC(=O)Cc2ccc(F)cc2)C[C@@H](c2ccc(Cl)cc2)O1. The molecule has 5 heteroatoms. The van der Waals surface area contributed by atoms with E-state index in [1.165, 1.54) is 12.1 Å². The minimum absolute atomic E-state index is 0.0468. The molecule has 0 saturated carbocycles. The van der Waals surface area contributed by atoms with Crippen LogP contribution in [0.2, 0.25) is 5.02 Å². The van der Waals surface area contributed by atoms with Gasteiger partial charge in [0.25, 0.3) is 0 Å². The Morgan fingerprint density at radius 2 is 1.82 bits per heavy atom. The van der Waals surface area contributed by atoms with Crippen LogP contribution < -0.4 is 5.32 Å². The van der Waals surface area contributed by atoms with E-state index in [4.69, 9.17) is 16.3 Å². The zero-order valence-corrected chi connectivity index (χ0v) is 17.3. The van der Waals surface area contributed by atoms with Gasteiger partial charge in [-0.25, -0.2) is 4.39 Å². The third-order valence-corrected chi connectivity index (χ3v) is 5.58. The predicted octanol–water partition coefficient (Wildman–Crippen LogP) is 5.47. The normalized spacial score (nSPS) is 24.9. The number of ether oxygens (including phenoxy) is 1. The Kier molecular flexibility index (Phi) is 6.41. The minimum atomic E-state index is -0.380. The first-order valence-corrected chi connectivity index (χ1v) is 10.1. The Hall–Kier alpha value is -1.91. The second-order valence-electron chi connectivity index (χ2n) is 8.28. The fraction of sp³-hybridized carbons (Fsp3) is 0.435. The van der Waals surface area contributed by atoms with Gasteiger partial charge in [-0.05, 0) is 54.7 Å². The van der Waals surface area contributed by atoms with E-state index in [1.54, 1.807) is 12.1 Å². The van der Waals surface area contributed by atoms with E-state index >= 15 is 0 Å². The van der Waals surface area contributed by atoms with Crippen molar-refractivity contribution in [2.24, 2.45) is 5.92 Å². The lowest BCUT2D eigenvalue weighted by Gasteiger charge is -2.44. The first-order valence-electron chi connectivity index (χ1n) is 9.70. The summed E-state index contributed by atoms with van der Waals surface area (Å²) in [6, 6.07) is 13.7. The van der Waals surface area contributed by atoms with Gasteiger partial charge in [0.15, 0.2) is 0 Å². The molecule has 0 aliphatic carbocycles. The predicted molar refractivity (Wildman–Crippen MR) is 110 cm³/mol. The van der Waals surface area contributed by atoms with Crippen molar-refractivity contribution in [1.29, 1.82) is 0 Å². The molecule has 1 fully saturated rings. The third-order valence-electron chi connectivity index (χ3n) is 5.33. The van der Waals surface area contributed by atoms with E-state index in [2.05, 4.69) is 26.1 Å². The molecule has 1 aliphatic heterocycles. The monoisotopic (exact) mass is 403 g/mol. The van der Waals surface area contributed by atoms with Crippen molar-refractivity contribution < 1.29 is 13.9 Å². The van der Waals surface area contributed by atoms with Crippen LogP contribution in [0, 0.1) is 11.7 Å². The summed E-state index contributed by atoms with van der Waals surface area (Å²) in [5.41, 5.74) is 1.48. The molecule has 3 rings (SSSR count). The molecule has 1 saturated heterocycles. The maximum absolute atomic E-state index is 13.1. The van der Waals surface area contributed by atoms with Gasteiger partial charge < -0.3 is 10.1 Å². The Balaban J connectivity index is 1.74. The van der Waals surface area contributed by atoms with Crippen LogP contribution in [0.25, 0.3) is 0 Å². The Morgan fingerprint density at radius 3 is 2.43 bits per heavy atom. The lowest BCUT2D eigenvalue weighted by molar-refractivity contribution is -0.130. The van der Waals surface area contributed by atoms with Gasteiger partial charge in [0, 0.05) is 17.0 Å². The van der Waals surface area contributed by atoms with E-state index < -0.39 is 0 Å². The summed E-state index contributed by atoms with van der Waals surface area (Å²) in [6.07, 6.45) is 1.62. The molecular weight excluding hydrogens is 377 g/mol. The van der Waals surface area contributed by atoms with Crippen molar-refractivity contribution in [2.45, 2.75) is 57.8 Å². The molecule has 0 unspecified atom stereocenters. The topological polar surface area (TPSA) is 38.3 Å². The van der Waals surface area contributed by atoms with E-state index in [9.17, 15) is 9.18 Å². The molecule has 28 heavy (non-hydrogen) atoms. The Bertz CT molecular complexity index is 806. The molecule has 1 aliphatic rings.